The van der Waals surface area contributed by atoms with Crippen LogP contribution in [0, 0.1) is 12.3 Å². The largest absolute Gasteiger partial charge is 0.354 e. The van der Waals surface area contributed by atoms with Crippen molar-refractivity contribution < 1.29 is 4.79 Å². The molecule has 0 spiro atoms. The van der Waals surface area contributed by atoms with Crippen LogP contribution in [0.2, 0.25) is 0 Å². The molecular weight excluding hydrogens is 501 g/mol. The normalized spacial score (nSPS) is 14.8. The number of carbonyl (C=O) groups excluding carboxylic acids is 1. The number of likely N-dealkylation sites (tertiary alicyclic amines) is 1. The SMILES string of the molecule is C#Cc1cccc(NC(=O)CNC(=NC)NC2CCN(Cc3ccccc3)CC2)c1.I. The smallest absolute Gasteiger partial charge is 0.243 e. The van der Waals surface area contributed by atoms with Crippen LogP contribution in [0.1, 0.15) is 24.0 Å². The molecule has 1 saturated heterocycles. The first-order chi connectivity index (χ1) is 14.7. The van der Waals surface area contributed by atoms with Crippen LogP contribution in [-0.2, 0) is 11.3 Å². The van der Waals surface area contributed by atoms with Gasteiger partial charge in [0.1, 0.15) is 0 Å². The molecule has 1 amide bonds. The maximum Gasteiger partial charge on any atom is 0.243 e. The highest BCUT2D eigenvalue weighted by Gasteiger charge is 2.20. The van der Waals surface area contributed by atoms with Crippen LogP contribution in [-0.4, -0.2) is 49.5 Å². The summed E-state index contributed by atoms with van der Waals surface area (Å²) in [5.74, 6) is 3.06. The third kappa shape index (κ3) is 8.23. The quantitative estimate of drug-likeness (QED) is 0.232. The second-order valence-electron chi connectivity index (χ2n) is 7.38. The molecule has 3 rings (SSSR count). The van der Waals surface area contributed by atoms with Crippen LogP contribution < -0.4 is 16.0 Å². The molecule has 1 heterocycles. The number of rotatable bonds is 6. The van der Waals surface area contributed by atoms with E-state index in [0.717, 1.165) is 38.0 Å². The minimum absolute atomic E-state index is 0. The van der Waals surface area contributed by atoms with Gasteiger partial charge in [0, 0.05) is 44.0 Å². The average Bonchev–Trinajstić information content (AvgIpc) is 2.78. The number of carbonyl (C=O) groups is 1. The molecule has 0 unspecified atom stereocenters. The monoisotopic (exact) mass is 531 g/mol. The highest BCUT2D eigenvalue weighted by molar-refractivity contribution is 14.0. The van der Waals surface area contributed by atoms with E-state index >= 15 is 0 Å². The Kier molecular flexibility index (Phi) is 10.3. The van der Waals surface area contributed by atoms with Crippen LogP contribution in [0.15, 0.2) is 59.6 Å². The molecule has 2 aromatic carbocycles. The summed E-state index contributed by atoms with van der Waals surface area (Å²) in [6.45, 7) is 3.19. The number of terminal acetylenes is 1. The molecule has 0 aromatic heterocycles. The van der Waals surface area contributed by atoms with E-state index in [2.05, 4.69) is 56.0 Å². The zero-order valence-corrected chi connectivity index (χ0v) is 20.1. The van der Waals surface area contributed by atoms with Gasteiger partial charge in [-0.2, -0.15) is 0 Å². The first-order valence-corrected chi connectivity index (χ1v) is 10.3. The summed E-state index contributed by atoms with van der Waals surface area (Å²) < 4.78 is 0. The Morgan fingerprint density at radius 2 is 1.90 bits per heavy atom. The van der Waals surface area contributed by atoms with Gasteiger partial charge in [0.05, 0.1) is 6.54 Å². The number of nitrogens with zero attached hydrogens (tertiary/aromatic N) is 2. The molecule has 0 atom stereocenters. The van der Waals surface area contributed by atoms with E-state index in [9.17, 15) is 4.79 Å². The number of guanidine groups is 1. The van der Waals surface area contributed by atoms with Crippen molar-refractivity contribution >= 4 is 41.5 Å². The minimum atomic E-state index is -0.148. The van der Waals surface area contributed by atoms with Gasteiger partial charge < -0.3 is 16.0 Å². The summed E-state index contributed by atoms with van der Waals surface area (Å²) in [6, 6.07) is 18.1. The summed E-state index contributed by atoms with van der Waals surface area (Å²) in [5, 5.41) is 9.36. The molecule has 1 aliphatic heterocycles. The topological polar surface area (TPSA) is 68.8 Å². The predicted molar refractivity (Wildman–Crippen MR) is 138 cm³/mol. The first kappa shape index (κ1) is 24.7. The van der Waals surface area contributed by atoms with Gasteiger partial charge >= 0.3 is 0 Å². The second kappa shape index (κ2) is 13.0. The predicted octanol–water partition coefficient (Wildman–Crippen LogP) is 3.05. The van der Waals surface area contributed by atoms with Crippen molar-refractivity contribution in [2.75, 3.05) is 32.0 Å². The number of amides is 1. The lowest BCUT2D eigenvalue weighted by Gasteiger charge is -2.33. The van der Waals surface area contributed by atoms with Gasteiger partial charge in [-0.25, -0.2) is 0 Å². The lowest BCUT2D eigenvalue weighted by molar-refractivity contribution is -0.115. The molecule has 6 nitrogen and oxygen atoms in total. The van der Waals surface area contributed by atoms with Crippen molar-refractivity contribution in [3.8, 4) is 12.3 Å². The summed E-state index contributed by atoms with van der Waals surface area (Å²) in [6.07, 6.45) is 7.48. The van der Waals surface area contributed by atoms with Crippen LogP contribution >= 0.6 is 24.0 Å². The van der Waals surface area contributed by atoms with E-state index in [0.29, 0.717) is 17.7 Å². The van der Waals surface area contributed by atoms with Gasteiger partial charge in [0.15, 0.2) is 5.96 Å². The second-order valence-corrected chi connectivity index (χ2v) is 7.38. The Hall–Kier alpha value is -2.57. The average molecular weight is 531 g/mol. The van der Waals surface area contributed by atoms with E-state index in [1.54, 1.807) is 13.1 Å². The highest BCUT2D eigenvalue weighted by atomic mass is 127. The zero-order chi connectivity index (χ0) is 21.2. The molecule has 0 saturated carbocycles. The molecule has 0 bridgehead atoms. The van der Waals surface area contributed by atoms with Crippen molar-refractivity contribution in [2.45, 2.75) is 25.4 Å². The minimum Gasteiger partial charge on any atom is -0.354 e. The number of benzene rings is 2. The fourth-order valence-electron chi connectivity index (χ4n) is 3.52. The van der Waals surface area contributed by atoms with Crippen LogP contribution in [0.4, 0.5) is 5.69 Å². The van der Waals surface area contributed by atoms with E-state index < -0.39 is 0 Å². The van der Waals surface area contributed by atoms with Crippen LogP contribution in [0.3, 0.4) is 0 Å². The summed E-state index contributed by atoms with van der Waals surface area (Å²) >= 11 is 0. The number of hydrogen-bond donors (Lipinski definition) is 3. The molecule has 2 aromatic rings. The molecule has 1 aliphatic rings. The zero-order valence-electron chi connectivity index (χ0n) is 17.8. The molecule has 3 N–H and O–H groups in total. The van der Waals surface area contributed by atoms with Crippen molar-refractivity contribution in [1.29, 1.82) is 0 Å². The fourth-order valence-corrected chi connectivity index (χ4v) is 3.52. The lowest BCUT2D eigenvalue weighted by Crippen LogP contribution is -2.49. The molecular formula is C24H30IN5O. The van der Waals surface area contributed by atoms with Crippen LogP contribution in [0.25, 0.3) is 0 Å². The van der Waals surface area contributed by atoms with Gasteiger partial charge in [0.25, 0.3) is 0 Å². The van der Waals surface area contributed by atoms with Crippen molar-refractivity contribution in [1.82, 2.24) is 15.5 Å². The Balaban J connectivity index is 0.00000341. The number of nitrogens with one attached hydrogen (secondary N) is 3. The summed E-state index contributed by atoms with van der Waals surface area (Å²) in [7, 11) is 1.72. The van der Waals surface area contributed by atoms with Crippen molar-refractivity contribution in [3.63, 3.8) is 0 Å². The van der Waals surface area contributed by atoms with Crippen LogP contribution in [0.5, 0.6) is 0 Å². The molecule has 7 heteroatoms. The maximum atomic E-state index is 12.2. The van der Waals surface area contributed by atoms with Crippen molar-refractivity contribution in [3.05, 3.63) is 65.7 Å². The lowest BCUT2D eigenvalue weighted by atomic mass is 10.0. The third-order valence-corrected chi connectivity index (χ3v) is 5.13. The van der Waals surface area contributed by atoms with E-state index in [1.807, 2.05) is 24.3 Å². The Bertz CT molecular complexity index is 902. The molecule has 0 radical (unpaired) electrons. The standard InChI is InChI=1S/C24H29N5O.HI/c1-3-19-10-7-11-22(16-19)27-23(30)17-26-24(25-2)28-21-12-14-29(15-13-21)18-20-8-5-4-6-9-20;/h1,4-11,16,21H,12-15,17-18H2,2H3,(H,27,30)(H2,25,26,28);1H. The molecule has 164 valence electrons. The number of halogens is 1. The van der Waals surface area contributed by atoms with E-state index in [4.69, 9.17) is 6.42 Å². The Morgan fingerprint density at radius 1 is 1.16 bits per heavy atom. The van der Waals surface area contributed by atoms with Gasteiger partial charge in [-0.05, 0) is 36.6 Å². The van der Waals surface area contributed by atoms with Gasteiger partial charge in [-0.1, -0.05) is 42.3 Å². The van der Waals surface area contributed by atoms with Gasteiger partial charge in [-0.15, -0.1) is 30.4 Å². The summed E-state index contributed by atoms with van der Waals surface area (Å²) in [5.41, 5.74) is 2.77. The number of aliphatic imine (C=N–C) groups is 1. The van der Waals surface area contributed by atoms with Crippen molar-refractivity contribution in [2.24, 2.45) is 4.99 Å². The maximum absolute atomic E-state index is 12.2. The Labute approximate surface area is 201 Å². The Morgan fingerprint density at radius 3 is 2.58 bits per heavy atom. The van der Waals surface area contributed by atoms with Gasteiger partial charge in [0.2, 0.25) is 5.91 Å². The fraction of sp³-hybridized carbons (Fsp3) is 0.333. The first-order valence-electron chi connectivity index (χ1n) is 10.3. The van der Waals surface area contributed by atoms with Gasteiger partial charge in [-0.3, -0.25) is 14.7 Å². The van der Waals surface area contributed by atoms with E-state index in [1.165, 1.54) is 5.56 Å². The highest BCUT2D eigenvalue weighted by Crippen LogP contribution is 2.14. The summed E-state index contributed by atoms with van der Waals surface area (Å²) in [4.78, 5) is 18.9. The molecule has 31 heavy (non-hydrogen) atoms. The molecule has 1 fully saturated rings. The number of hydrogen-bond acceptors (Lipinski definition) is 3. The molecule has 0 aliphatic carbocycles. The third-order valence-electron chi connectivity index (χ3n) is 5.13. The number of anilines is 1. The van der Waals surface area contributed by atoms with E-state index in [-0.39, 0.29) is 36.4 Å². The number of piperidine rings is 1.